The molecule has 4 rings (SSSR count). The monoisotopic (exact) mass is 481 g/mol. The van der Waals surface area contributed by atoms with Gasteiger partial charge in [-0.05, 0) is 31.0 Å². The van der Waals surface area contributed by atoms with Crippen LogP contribution in [-0.4, -0.2) is 68.8 Å². The molecule has 0 bridgehead atoms. The number of sulfonamides is 1. The molecule has 2 amide bonds. The zero-order valence-corrected chi connectivity index (χ0v) is 19.0. The van der Waals surface area contributed by atoms with E-state index < -0.39 is 21.8 Å². The molecule has 2 aliphatic heterocycles. The Morgan fingerprint density at radius 3 is 2.47 bits per heavy atom. The summed E-state index contributed by atoms with van der Waals surface area (Å²) in [4.78, 5) is 26.7. The number of thiophene rings is 1. The van der Waals surface area contributed by atoms with Gasteiger partial charge in [-0.3, -0.25) is 9.59 Å². The number of morpholine rings is 1. The number of carbonyl (C=O) groups is 2. The third-order valence-corrected chi connectivity index (χ3v) is 8.99. The summed E-state index contributed by atoms with van der Waals surface area (Å²) < 4.78 is 46.6. The molecular weight excluding hydrogens is 457 g/mol. The van der Waals surface area contributed by atoms with Gasteiger partial charge in [0.2, 0.25) is 5.91 Å². The summed E-state index contributed by atoms with van der Waals surface area (Å²) in [5, 5.41) is 4.15. The maximum Gasteiger partial charge on any atom is 0.254 e. The highest BCUT2D eigenvalue weighted by molar-refractivity contribution is 7.91. The highest BCUT2D eigenvalue weighted by Gasteiger charge is 2.34. The van der Waals surface area contributed by atoms with E-state index in [1.54, 1.807) is 22.4 Å². The minimum atomic E-state index is -3.76. The van der Waals surface area contributed by atoms with Crippen LogP contribution in [0.25, 0.3) is 0 Å². The first kappa shape index (κ1) is 22.8. The molecule has 2 fully saturated rings. The second-order valence-corrected chi connectivity index (χ2v) is 10.8. The summed E-state index contributed by atoms with van der Waals surface area (Å²) >= 11 is 1.02. The first-order chi connectivity index (χ1) is 15.4. The van der Waals surface area contributed by atoms with E-state index in [0.29, 0.717) is 44.7 Å². The Kier molecular flexibility index (Phi) is 6.89. The molecule has 1 N–H and O–H groups in total. The molecule has 0 saturated carbocycles. The van der Waals surface area contributed by atoms with Crippen molar-refractivity contribution in [2.24, 2.45) is 5.92 Å². The van der Waals surface area contributed by atoms with Crippen LogP contribution in [0, 0.1) is 11.7 Å². The molecule has 0 spiro atoms. The smallest absolute Gasteiger partial charge is 0.254 e. The van der Waals surface area contributed by atoms with Crippen LogP contribution in [-0.2, 0) is 19.6 Å². The number of halogens is 1. The van der Waals surface area contributed by atoms with Gasteiger partial charge in [0.1, 0.15) is 10.0 Å². The average molecular weight is 482 g/mol. The van der Waals surface area contributed by atoms with Crippen LogP contribution in [0.1, 0.15) is 23.2 Å². The Bertz CT molecular complexity index is 1090. The van der Waals surface area contributed by atoms with Crippen LogP contribution in [0.4, 0.5) is 10.1 Å². The molecule has 11 heteroatoms. The fourth-order valence-corrected chi connectivity index (χ4v) is 6.57. The molecule has 0 aliphatic carbocycles. The number of hydrogen-bond donors (Lipinski definition) is 1. The lowest BCUT2D eigenvalue weighted by Crippen LogP contribution is -2.41. The van der Waals surface area contributed by atoms with Gasteiger partial charge in [-0.1, -0.05) is 12.1 Å². The standard InChI is InChI=1S/C21H24FN3O5S2/c22-17-3-1-2-4-18(17)23-20(26)15-5-7-25(8-6-15)32(28,29)19-13-16(14-31-19)21(27)24-9-11-30-12-10-24/h1-4,13-15H,5-12H2,(H,23,26). The Hall–Kier alpha value is -2.34. The van der Waals surface area contributed by atoms with Crippen LogP contribution in [0.15, 0.2) is 39.9 Å². The van der Waals surface area contributed by atoms with Gasteiger partial charge in [0.05, 0.1) is 24.5 Å². The lowest BCUT2D eigenvalue weighted by atomic mass is 9.97. The lowest BCUT2D eigenvalue weighted by Gasteiger charge is -2.30. The summed E-state index contributed by atoms with van der Waals surface area (Å²) in [6, 6.07) is 7.35. The quantitative estimate of drug-likeness (QED) is 0.708. The van der Waals surface area contributed by atoms with E-state index in [4.69, 9.17) is 4.74 Å². The molecule has 0 unspecified atom stereocenters. The van der Waals surface area contributed by atoms with Crippen LogP contribution >= 0.6 is 11.3 Å². The third kappa shape index (κ3) is 4.85. The molecule has 2 saturated heterocycles. The number of nitrogens with one attached hydrogen (secondary N) is 1. The number of ether oxygens (including phenoxy) is 1. The normalized spacial score (nSPS) is 18.5. The van der Waals surface area contributed by atoms with Gasteiger partial charge in [0.25, 0.3) is 15.9 Å². The number of rotatable bonds is 5. The predicted octanol–water partition coefficient (Wildman–Crippen LogP) is 2.40. The van der Waals surface area contributed by atoms with Gasteiger partial charge in [0.15, 0.2) is 0 Å². The fourth-order valence-electron chi connectivity index (χ4n) is 3.80. The molecule has 0 atom stereocenters. The fraction of sp³-hybridized carbons (Fsp3) is 0.429. The van der Waals surface area contributed by atoms with E-state index in [1.165, 1.54) is 22.5 Å². The first-order valence-electron chi connectivity index (χ1n) is 10.4. The van der Waals surface area contributed by atoms with Gasteiger partial charge in [-0.15, -0.1) is 11.3 Å². The van der Waals surface area contributed by atoms with Gasteiger partial charge in [-0.2, -0.15) is 4.31 Å². The number of amides is 2. The molecule has 2 aromatic rings. The molecule has 1 aromatic heterocycles. The molecule has 1 aromatic carbocycles. The number of para-hydroxylation sites is 1. The Balaban J connectivity index is 1.37. The van der Waals surface area contributed by atoms with Crippen molar-refractivity contribution in [2.75, 3.05) is 44.7 Å². The molecule has 0 radical (unpaired) electrons. The summed E-state index contributed by atoms with van der Waals surface area (Å²) in [7, 11) is -3.76. The second kappa shape index (κ2) is 9.65. The summed E-state index contributed by atoms with van der Waals surface area (Å²) in [5.74, 6) is -1.43. The molecular formula is C21H24FN3O5S2. The lowest BCUT2D eigenvalue weighted by molar-refractivity contribution is -0.120. The molecule has 8 nitrogen and oxygen atoms in total. The second-order valence-electron chi connectivity index (χ2n) is 7.71. The molecule has 32 heavy (non-hydrogen) atoms. The SMILES string of the molecule is O=C(Nc1ccccc1F)C1CCN(S(=O)(=O)c2cc(C(=O)N3CCOCC3)cs2)CC1. The van der Waals surface area contributed by atoms with Gasteiger partial charge in [-0.25, -0.2) is 12.8 Å². The minimum absolute atomic E-state index is 0.114. The number of carbonyl (C=O) groups excluding carboxylic acids is 2. The van der Waals surface area contributed by atoms with E-state index >= 15 is 0 Å². The highest BCUT2D eigenvalue weighted by atomic mass is 32.2. The predicted molar refractivity (Wildman–Crippen MR) is 118 cm³/mol. The number of nitrogens with zero attached hydrogens (tertiary/aromatic N) is 2. The third-order valence-electron chi connectivity index (χ3n) is 5.67. The van der Waals surface area contributed by atoms with Crippen LogP contribution in [0.5, 0.6) is 0 Å². The van der Waals surface area contributed by atoms with Crippen molar-refractivity contribution in [3.8, 4) is 0 Å². The van der Waals surface area contributed by atoms with Crippen molar-refractivity contribution in [3.05, 3.63) is 47.1 Å². The largest absolute Gasteiger partial charge is 0.378 e. The summed E-state index contributed by atoms with van der Waals surface area (Å²) in [5.41, 5.74) is 0.471. The average Bonchev–Trinajstić information content (AvgIpc) is 3.32. The topological polar surface area (TPSA) is 96.0 Å². The number of anilines is 1. The first-order valence-corrected chi connectivity index (χ1v) is 12.7. The zero-order chi connectivity index (χ0) is 22.7. The van der Waals surface area contributed by atoms with Crippen LogP contribution in [0.2, 0.25) is 0 Å². The van der Waals surface area contributed by atoms with E-state index in [9.17, 15) is 22.4 Å². The Morgan fingerprint density at radius 2 is 1.78 bits per heavy atom. The Morgan fingerprint density at radius 1 is 1.09 bits per heavy atom. The van der Waals surface area contributed by atoms with Crippen LogP contribution in [0.3, 0.4) is 0 Å². The number of piperidine rings is 1. The van der Waals surface area contributed by atoms with Crippen molar-refractivity contribution in [1.29, 1.82) is 0 Å². The minimum Gasteiger partial charge on any atom is -0.378 e. The Labute approximate surface area is 190 Å². The van der Waals surface area contributed by atoms with Crippen molar-refractivity contribution in [3.63, 3.8) is 0 Å². The van der Waals surface area contributed by atoms with E-state index in [-0.39, 0.29) is 34.8 Å². The van der Waals surface area contributed by atoms with Crippen LogP contribution < -0.4 is 5.32 Å². The summed E-state index contributed by atoms with van der Waals surface area (Å²) in [6.07, 6.45) is 0.676. The van der Waals surface area contributed by atoms with E-state index in [2.05, 4.69) is 5.32 Å². The molecule has 2 aliphatic rings. The maximum absolute atomic E-state index is 13.8. The maximum atomic E-state index is 13.8. The van der Waals surface area contributed by atoms with Gasteiger partial charge < -0.3 is 15.0 Å². The van der Waals surface area contributed by atoms with E-state index in [0.717, 1.165) is 11.3 Å². The van der Waals surface area contributed by atoms with Crippen molar-refractivity contribution >= 4 is 38.9 Å². The van der Waals surface area contributed by atoms with Gasteiger partial charge in [0, 0.05) is 37.5 Å². The van der Waals surface area contributed by atoms with Crippen molar-refractivity contribution in [1.82, 2.24) is 9.21 Å². The molecule has 172 valence electrons. The highest BCUT2D eigenvalue weighted by Crippen LogP contribution is 2.29. The number of hydrogen-bond acceptors (Lipinski definition) is 6. The number of benzene rings is 1. The van der Waals surface area contributed by atoms with Crippen molar-refractivity contribution < 1.29 is 27.1 Å². The summed E-state index contributed by atoms with van der Waals surface area (Å²) in [6.45, 7) is 2.28. The zero-order valence-electron chi connectivity index (χ0n) is 17.3. The van der Waals surface area contributed by atoms with Crippen molar-refractivity contribution in [2.45, 2.75) is 17.1 Å². The molecule has 3 heterocycles. The van der Waals surface area contributed by atoms with Gasteiger partial charge >= 0.3 is 0 Å². The van der Waals surface area contributed by atoms with E-state index in [1.807, 2.05) is 0 Å².